The fourth-order valence-electron chi connectivity index (χ4n) is 2.81. The second-order valence-corrected chi connectivity index (χ2v) is 5.53. The molecule has 0 aliphatic carbocycles. The largest absolute Gasteiger partial charge is 0.381 e. The first-order chi connectivity index (χ1) is 10.8. The number of halogens is 1. The van der Waals surface area contributed by atoms with E-state index in [1.807, 2.05) is 14.0 Å². The Bertz CT molecular complexity index is 478. The van der Waals surface area contributed by atoms with E-state index in [0.717, 1.165) is 57.6 Å². The number of aliphatic imine (C=N–C) groups is 1. The van der Waals surface area contributed by atoms with Crippen molar-refractivity contribution in [3.05, 3.63) is 12.2 Å². The van der Waals surface area contributed by atoms with Crippen molar-refractivity contribution in [2.24, 2.45) is 10.9 Å². The Balaban J connectivity index is 0.00000264. The Kier molecular flexibility index (Phi) is 9.46. The van der Waals surface area contributed by atoms with Crippen molar-refractivity contribution < 1.29 is 4.74 Å². The van der Waals surface area contributed by atoms with Crippen molar-refractivity contribution >= 4 is 29.9 Å². The highest BCUT2D eigenvalue weighted by molar-refractivity contribution is 14.0. The van der Waals surface area contributed by atoms with Gasteiger partial charge < -0.3 is 19.5 Å². The van der Waals surface area contributed by atoms with Crippen molar-refractivity contribution in [2.45, 2.75) is 33.2 Å². The summed E-state index contributed by atoms with van der Waals surface area (Å²) in [6.45, 7) is 9.53. The summed E-state index contributed by atoms with van der Waals surface area (Å²) in [5.74, 6) is 2.61. The quantitative estimate of drug-likeness (QED) is 0.398. The van der Waals surface area contributed by atoms with E-state index in [9.17, 15) is 0 Å². The summed E-state index contributed by atoms with van der Waals surface area (Å²) >= 11 is 0. The van der Waals surface area contributed by atoms with Crippen LogP contribution in [-0.4, -0.2) is 65.5 Å². The van der Waals surface area contributed by atoms with Crippen LogP contribution in [0, 0.1) is 5.92 Å². The van der Waals surface area contributed by atoms with Crippen LogP contribution in [0.3, 0.4) is 0 Å². The zero-order valence-electron chi connectivity index (χ0n) is 14.4. The SMILES string of the molecule is CCOCC1CCN(C(=NC)NCCn2cnnc2CC)C1.I. The molecule has 1 saturated heterocycles. The summed E-state index contributed by atoms with van der Waals surface area (Å²) in [5, 5.41) is 11.5. The van der Waals surface area contributed by atoms with E-state index in [4.69, 9.17) is 4.74 Å². The molecule has 1 unspecified atom stereocenters. The number of nitrogens with one attached hydrogen (secondary N) is 1. The van der Waals surface area contributed by atoms with Gasteiger partial charge in [-0.2, -0.15) is 0 Å². The molecule has 0 saturated carbocycles. The molecule has 0 aromatic carbocycles. The van der Waals surface area contributed by atoms with Gasteiger partial charge in [-0.3, -0.25) is 4.99 Å². The average molecular weight is 436 g/mol. The van der Waals surface area contributed by atoms with Gasteiger partial charge in [0.15, 0.2) is 5.96 Å². The molecule has 1 aromatic heterocycles. The second kappa shape index (κ2) is 10.8. The second-order valence-electron chi connectivity index (χ2n) is 5.53. The monoisotopic (exact) mass is 436 g/mol. The smallest absolute Gasteiger partial charge is 0.193 e. The molecule has 2 rings (SSSR count). The van der Waals surface area contributed by atoms with Gasteiger partial charge in [0.1, 0.15) is 12.2 Å². The molecule has 1 aromatic rings. The van der Waals surface area contributed by atoms with E-state index in [2.05, 4.69) is 36.9 Å². The Morgan fingerprint density at radius 1 is 1.48 bits per heavy atom. The molecule has 1 atom stereocenters. The minimum absolute atomic E-state index is 0. The van der Waals surface area contributed by atoms with E-state index in [1.165, 1.54) is 6.42 Å². The first-order valence-electron chi connectivity index (χ1n) is 8.18. The summed E-state index contributed by atoms with van der Waals surface area (Å²) < 4.78 is 7.62. The van der Waals surface area contributed by atoms with Gasteiger partial charge in [-0.15, -0.1) is 34.2 Å². The number of nitrogens with zero attached hydrogens (tertiary/aromatic N) is 5. The first-order valence-corrected chi connectivity index (χ1v) is 8.18. The van der Waals surface area contributed by atoms with Crippen LogP contribution in [0.25, 0.3) is 0 Å². The number of rotatable bonds is 7. The lowest BCUT2D eigenvalue weighted by Crippen LogP contribution is -2.41. The summed E-state index contributed by atoms with van der Waals surface area (Å²) in [6, 6.07) is 0. The third kappa shape index (κ3) is 5.91. The van der Waals surface area contributed by atoms with Gasteiger partial charge in [-0.05, 0) is 13.3 Å². The minimum atomic E-state index is 0. The molecule has 2 heterocycles. The predicted octanol–water partition coefficient (Wildman–Crippen LogP) is 1.39. The lowest BCUT2D eigenvalue weighted by atomic mass is 10.1. The number of aryl methyl sites for hydroxylation is 1. The van der Waals surface area contributed by atoms with Crippen LogP contribution in [0.5, 0.6) is 0 Å². The topological polar surface area (TPSA) is 67.6 Å². The summed E-state index contributed by atoms with van der Waals surface area (Å²) in [6.07, 6.45) is 3.86. The van der Waals surface area contributed by atoms with Gasteiger partial charge in [0.2, 0.25) is 0 Å². The highest BCUT2D eigenvalue weighted by Gasteiger charge is 2.24. The van der Waals surface area contributed by atoms with Gasteiger partial charge in [0.25, 0.3) is 0 Å². The van der Waals surface area contributed by atoms with Gasteiger partial charge in [0.05, 0.1) is 6.61 Å². The summed E-state index contributed by atoms with van der Waals surface area (Å²) in [4.78, 5) is 6.71. The van der Waals surface area contributed by atoms with Crippen LogP contribution < -0.4 is 5.32 Å². The normalized spacial score (nSPS) is 18.1. The molecule has 0 spiro atoms. The number of hydrogen-bond acceptors (Lipinski definition) is 4. The van der Waals surface area contributed by atoms with Crippen molar-refractivity contribution in [2.75, 3.05) is 39.9 Å². The maximum absolute atomic E-state index is 5.53. The van der Waals surface area contributed by atoms with Crippen molar-refractivity contribution in [3.63, 3.8) is 0 Å². The molecule has 1 aliphatic heterocycles. The molecular formula is C15H29IN6O. The summed E-state index contributed by atoms with van der Waals surface area (Å²) in [5.41, 5.74) is 0. The van der Waals surface area contributed by atoms with Crippen molar-refractivity contribution in [1.82, 2.24) is 25.0 Å². The van der Waals surface area contributed by atoms with Gasteiger partial charge in [-0.25, -0.2) is 0 Å². The molecule has 1 aliphatic rings. The zero-order chi connectivity index (χ0) is 15.8. The molecule has 1 N–H and O–H groups in total. The maximum Gasteiger partial charge on any atom is 0.193 e. The number of aromatic nitrogens is 3. The van der Waals surface area contributed by atoms with Crippen molar-refractivity contribution in [3.8, 4) is 0 Å². The highest BCUT2D eigenvalue weighted by atomic mass is 127. The van der Waals surface area contributed by atoms with Crippen LogP contribution in [0.4, 0.5) is 0 Å². The van der Waals surface area contributed by atoms with E-state index in [0.29, 0.717) is 5.92 Å². The zero-order valence-corrected chi connectivity index (χ0v) is 16.7. The molecule has 8 heteroatoms. The third-order valence-corrected chi connectivity index (χ3v) is 4.00. The predicted molar refractivity (Wildman–Crippen MR) is 102 cm³/mol. The van der Waals surface area contributed by atoms with E-state index >= 15 is 0 Å². The molecule has 0 radical (unpaired) electrons. The molecule has 23 heavy (non-hydrogen) atoms. The fraction of sp³-hybridized carbons (Fsp3) is 0.800. The van der Waals surface area contributed by atoms with E-state index in [-0.39, 0.29) is 24.0 Å². The Morgan fingerprint density at radius 3 is 3.00 bits per heavy atom. The molecule has 132 valence electrons. The first kappa shape index (κ1) is 20.1. The molecule has 0 amide bonds. The highest BCUT2D eigenvalue weighted by Crippen LogP contribution is 2.16. The van der Waals surface area contributed by atoms with Gasteiger partial charge in [-0.1, -0.05) is 6.92 Å². The summed E-state index contributed by atoms with van der Waals surface area (Å²) in [7, 11) is 1.84. The lowest BCUT2D eigenvalue weighted by molar-refractivity contribution is 0.114. The molecule has 0 bridgehead atoms. The maximum atomic E-state index is 5.53. The van der Waals surface area contributed by atoms with E-state index in [1.54, 1.807) is 6.33 Å². The molecular weight excluding hydrogens is 407 g/mol. The number of likely N-dealkylation sites (tertiary alicyclic amines) is 1. The standard InChI is InChI=1S/C15H28N6O.HI/c1-4-14-19-18-12-21(14)9-7-17-15(16-3)20-8-6-13(10-20)11-22-5-2;/h12-13H,4-11H2,1-3H3,(H,16,17);1H. The van der Waals surface area contributed by atoms with Crippen molar-refractivity contribution in [1.29, 1.82) is 0 Å². The Hall–Kier alpha value is -0.900. The Labute approximate surface area is 155 Å². The number of guanidine groups is 1. The third-order valence-electron chi connectivity index (χ3n) is 4.00. The van der Waals surface area contributed by atoms with Crippen LogP contribution in [0.15, 0.2) is 11.3 Å². The average Bonchev–Trinajstić information content (AvgIpc) is 3.18. The van der Waals surface area contributed by atoms with E-state index < -0.39 is 0 Å². The Morgan fingerprint density at radius 2 is 2.30 bits per heavy atom. The van der Waals surface area contributed by atoms with Crippen LogP contribution >= 0.6 is 24.0 Å². The molecule has 7 nitrogen and oxygen atoms in total. The fourth-order valence-corrected chi connectivity index (χ4v) is 2.81. The van der Waals surface area contributed by atoms with Gasteiger partial charge >= 0.3 is 0 Å². The van der Waals surface area contributed by atoms with Gasteiger partial charge in [0, 0.05) is 52.2 Å². The van der Waals surface area contributed by atoms with Crippen LogP contribution in [0.1, 0.15) is 26.1 Å². The molecule has 1 fully saturated rings. The number of hydrogen-bond donors (Lipinski definition) is 1. The van der Waals surface area contributed by atoms with Crippen LogP contribution in [0.2, 0.25) is 0 Å². The lowest BCUT2D eigenvalue weighted by Gasteiger charge is -2.22. The number of ether oxygens (including phenoxy) is 1. The van der Waals surface area contributed by atoms with Crippen LogP contribution in [-0.2, 0) is 17.7 Å². The minimum Gasteiger partial charge on any atom is -0.381 e.